The van der Waals surface area contributed by atoms with Crippen LogP contribution in [0.1, 0.15) is 0 Å². The zero-order valence-corrected chi connectivity index (χ0v) is 14.0. The average Bonchev–Trinajstić information content (AvgIpc) is 2.80. The van der Waals surface area contributed by atoms with Crippen LogP contribution in [0, 0.1) is 0 Å². The second-order valence-electron chi connectivity index (χ2n) is 5.41. The third-order valence-corrected chi connectivity index (χ3v) is 5.11. The van der Waals surface area contributed by atoms with Gasteiger partial charge in [0.1, 0.15) is 24.4 Å². The van der Waals surface area contributed by atoms with E-state index in [0.29, 0.717) is 0 Å². The van der Waals surface area contributed by atoms with Crippen molar-refractivity contribution in [1.29, 1.82) is 0 Å². The number of halogens is 4. The number of hydrogen-bond acceptors (Lipinski definition) is 7. The quantitative estimate of drug-likeness (QED) is 0.454. The van der Waals surface area contributed by atoms with Crippen LogP contribution in [-0.4, -0.2) is 92.9 Å². The summed E-state index contributed by atoms with van der Waals surface area (Å²) in [5.74, 6) is -2.30. The van der Waals surface area contributed by atoms with Crippen LogP contribution in [-0.2, 0) is 14.2 Å². The van der Waals surface area contributed by atoms with Crippen molar-refractivity contribution in [3.8, 4) is 0 Å². The first-order chi connectivity index (χ1) is 10.8. The van der Waals surface area contributed by atoms with E-state index in [9.17, 15) is 19.7 Å². The first-order valence-corrected chi connectivity index (χ1v) is 8.38. The molecule has 0 radical (unpaired) electrons. The summed E-state index contributed by atoms with van der Waals surface area (Å²) in [7, 11) is 0. The van der Waals surface area contributed by atoms with Crippen molar-refractivity contribution in [2.45, 2.75) is 54.1 Å². The maximum absolute atomic E-state index is 13.7. The number of aliphatic hydroxyl groups excluding tert-OH is 4. The summed E-state index contributed by atoms with van der Waals surface area (Å²) in [5, 5.41) is 38.0. The van der Waals surface area contributed by atoms with Crippen LogP contribution < -0.4 is 0 Å². The fraction of sp³-hybridized carbons (Fsp3) is 1.00. The van der Waals surface area contributed by atoms with Gasteiger partial charge in [-0.15, -0.1) is 34.8 Å². The lowest BCUT2D eigenvalue weighted by molar-refractivity contribution is -0.366. The molecule has 2 rings (SSSR count). The summed E-state index contributed by atoms with van der Waals surface area (Å²) in [6.07, 6.45) is -10.8. The Bertz CT molecular complexity index is 407. The van der Waals surface area contributed by atoms with Crippen molar-refractivity contribution in [1.82, 2.24) is 0 Å². The molecule has 136 valence electrons. The van der Waals surface area contributed by atoms with Gasteiger partial charge < -0.3 is 34.6 Å². The van der Waals surface area contributed by atoms with E-state index in [2.05, 4.69) is 0 Å². The van der Waals surface area contributed by atoms with Gasteiger partial charge in [0, 0.05) is 0 Å². The number of hydrogen-bond donors (Lipinski definition) is 4. The molecular formula is C12H18Cl3FO7. The molecule has 0 amide bonds. The molecule has 2 fully saturated rings. The van der Waals surface area contributed by atoms with Crippen LogP contribution in [0.15, 0.2) is 0 Å². The van der Waals surface area contributed by atoms with Gasteiger partial charge in [0.05, 0.1) is 29.8 Å². The van der Waals surface area contributed by atoms with Crippen LogP contribution in [0.5, 0.6) is 0 Å². The van der Waals surface area contributed by atoms with Gasteiger partial charge in [0.25, 0.3) is 0 Å². The lowest BCUT2D eigenvalue weighted by Crippen LogP contribution is -2.61. The van der Waals surface area contributed by atoms with Crippen LogP contribution in [0.25, 0.3) is 0 Å². The molecule has 2 aliphatic rings. The Morgan fingerprint density at radius 2 is 1.78 bits per heavy atom. The minimum Gasteiger partial charge on any atom is -0.394 e. The highest BCUT2D eigenvalue weighted by Gasteiger charge is 2.58. The number of alkyl halides is 4. The van der Waals surface area contributed by atoms with E-state index < -0.39 is 66.6 Å². The highest BCUT2D eigenvalue weighted by atomic mass is 35.5. The van der Waals surface area contributed by atoms with Gasteiger partial charge in [0.2, 0.25) is 5.79 Å². The molecule has 0 unspecified atom stereocenters. The number of rotatable bonds is 5. The Hall–Kier alpha value is 0.520. The molecule has 2 aliphatic heterocycles. The summed E-state index contributed by atoms with van der Waals surface area (Å²) in [4.78, 5) is 0. The highest BCUT2D eigenvalue weighted by Crippen LogP contribution is 2.39. The monoisotopic (exact) mass is 398 g/mol. The summed E-state index contributed by atoms with van der Waals surface area (Å²) in [6.45, 7) is -0.746. The molecule has 0 bridgehead atoms. The van der Waals surface area contributed by atoms with Gasteiger partial charge in [-0.3, -0.25) is 0 Å². The van der Waals surface area contributed by atoms with Crippen molar-refractivity contribution in [3.63, 3.8) is 0 Å². The van der Waals surface area contributed by atoms with E-state index in [1.165, 1.54) is 0 Å². The fourth-order valence-electron chi connectivity index (χ4n) is 2.53. The van der Waals surface area contributed by atoms with Gasteiger partial charge in [-0.25, -0.2) is 4.39 Å². The largest absolute Gasteiger partial charge is 0.394 e. The molecule has 2 saturated heterocycles. The topological polar surface area (TPSA) is 109 Å². The zero-order chi connectivity index (χ0) is 17.4. The summed E-state index contributed by atoms with van der Waals surface area (Å²) >= 11 is 17.5. The second-order valence-corrected chi connectivity index (χ2v) is 6.49. The van der Waals surface area contributed by atoms with Crippen LogP contribution in [0.3, 0.4) is 0 Å². The predicted octanol–water partition coefficient (Wildman–Crippen LogP) is -0.679. The summed E-state index contributed by atoms with van der Waals surface area (Å²) in [6, 6.07) is 0. The van der Waals surface area contributed by atoms with E-state index in [1.807, 2.05) is 0 Å². The standard InChI is InChI=1S/C12H18Cl3FO7/c13-1-4-6(15)10(20)12(3-14,22-4)23-11-9(19)8(18)7(16)5(2-17)21-11/h4-11,17-20H,1-3H2/t4-,5-,6-,7+,8+,9-,10+,11-,12-/m1/s1. The van der Waals surface area contributed by atoms with E-state index >= 15 is 0 Å². The van der Waals surface area contributed by atoms with Crippen molar-refractivity contribution in [2.75, 3.05) is 18.4 Å². The molecular weight excluding hydrogens is 381 g/mol. The average molecular weight is 400 g/mol. The molecule has 4 N–H and O–H groups in total. The molecule has 0 aliphatic carbocycles. The third-order valence-electron chi connectivity index (χ3n) is 3.91. The van der Waals surface area contributed by atoms with Crippen molar-refractivity contribution in [2.24, 2.45) is 0 Å². The summed E-state index contributed by atoms with van der Waals surface area (Å²) < 4.78 is 29.7. The highest BCUT2D eigenvalue weighted by molar-refractivity contribution is 6.24. The fourth-order valence-corrected chi connectivity index (χ4v) is 3.49. The lowest BCUT2D eigenvalue weighted by atomic mass is 10.0. The zero-order valence-electron chi connectivity index (χ0n) is 11.8. The van der Waals surface area contributed by atoms with Gasteiger partial charge in [-0.2, -0.15) is 0 Å². The third kappa shape index (κ3) is 3.57. The maximum atomic E-state index is 13.7. The maximum Gasteiger partial charge on any atom is 0.213 e. The summed E-state index contributed by atoms with van der Waals surface area (Å²) in [5.41, 5.74) is 0. The first kappa shape index (κ1) is 19.8. The van der Waals surface area contributed by atoms with Crippen LogP contribution in [0.2, 0.25) is 0 Å². The SMILES string of the molecule is OC[C@H]1O[C@H](O[C@@]2(CCl)O[C@H](CCl)[C@@H](Cl)[C@@H]2O)[C@H](O)[C@@H](O)[C@H]1F. The van der Waals surface area contributed by atoms with E-state index in [0.717, 1.165) is 0 Å². The predicted molar refractivity (Wildman–Crippen MR) is 78.4 cm³/mol. The normalized spacial score (nSPS) is 51.1. The van der Waals surface area contributed by atoms with E-state index in [-0.39, 0.29) is 5.88 Å². The minimum absolute atomic E-state index is 0.0459. The van der Waals surface area contributed by atoms with Crippen molar-refractivity contribution >= 4 is 34.8 Å². The van der Waals surface area contributed by atoms with Crippen molar-refractivity contribution in [3.05, 3.63) is 0 Å². The Labute approximate surface area is 146 Å². The van der Waals surface area contributed by atoms with Gasteiger partial charge in [0.15, 0.2) is 12.5 Å². The Morgan fingerprint density at radius 1 is 1.13 bits per heavy atom. The molecule has 0 aromatic rings. The molecule has 0 saturated carbocycles. The molecule has 0 aromatic heterocycles. The molecule has 11 heteroatoms. The Morgan fingerprint density at radius 3 is 2.26 bits per heavy atom. The smallest absolute Gasteiger partial charge is 0.213 e. The Balaban J connectivity index is 2.18. The molecule has 23 heavy (non-hydrogen) atoms. The van der Waals surface area contributed by atoms with Crippen molar-refractivity contribution < 1.29 is 39.0 Å². The lowest BCUT2D eigenvalue weighted by Gasteiger charge is -2.42. The second kappa shape index (κ2) is 7.82. The van der Waals surface area contributed by atoms with Crippen LogP contribution in [0.4, 0.5) is 4.39 Å². The van der Waals surface area contributed by atoms with Gasteiger partial charge >= 0.3 is 0 Å². The molecule has 0 aromatic carbocycles. The molecule has 0 spiro atoms. The van der Waals surface area contributed by atoms with Gasteiger partial charge in [-0.05, 0) is 0 Å². The minimum atomic E-state index is -2.01. The molecule has 2 heterocycles. The van der Waals surface area contributed by atoms with Gasteiger partial charge in [-0.1, -0.05) is 0 Å². The molecule has 7 nitrogen and oxygen atoms in total. The first-order valence-electron chi connectivity index (χ1n) is 6.87. The number of aliphatic hydroxyl groups is 4. The van der Waals surface area contributed by atoms with E-state index in [1.54, 1.807) is 0 Å². The van der Waals surface area contributed by atoms with E-state index in [4.69, 9.17) is 54.1 Å². The Kier molecular flexibility index (Phi) is 6.75. The van der Waals surface area contributed by atoms with Crippen LogP contribution >= 0.6 is 34.8 Å². The molecule has 9 atom stereocenters. The number of ether oxygens (including phenoxy) is 3.